The van der Waals surface area contributed by atoms with E-state index in [2.05, 4.69) is 39.9 Å². The molecule has 102 valence electrons. The van der Waals surface area contributed by atoms with E-state index in [1.165, 1.54) is 0 Å². The van der Waals surface area contributed by atoms with Crippen LogP contribution in [0.5, 0.6) is 0 Å². The molecule has 1 atom stereocenters. The zero-order valence-corrected chi connectivity index (χ0v) is 12.8. The number of carbonyl (C=O) groups excluding carboxylic acids is 1. The number of nitrogens with one attached hydrogen (secondary N) is 1. The molecule has 0 spiro atoms. The van der Waals surface area contributed by atoms with Crippen molar-refractivity contribution in [1.82, 2.24) is 5.32 Å². The third-order valence-corrected chi connectivity index (χ3v) is 3.42. The summed E-state index contributed by atoms with van der Waals surface area (Å²) in [4.78, 5) is 11.6. The molecule has 0 radical (unpaired) electrons. The second-order valence-corrected chi connectivity index (χ2v) is 8.07. The maximum atomic E-state index is 11.6. The topological polar surface area (TPSA) is 49.3 Å². The molecule has 2 N–H and O–H groups in total. The molecule has 1 unspecified atom stereocenters. The van der Waals surface area contributed by atoms with Gasteiger partial charge in [0.25, 0.3) is 0 Å². The van der Waals surface area contributed by atoms with Crippen LogP contribution in [0.2, 0.25) is 0 Å². The third-order valence-electron chi connectivity index (χ3n) is 2.15. The zero-order valence-electron chi connectivity index (χ0n) is 12.0. The molecular weight excluding hydrogens is 234 g/mol. The van der Waals surface area contributed by atoms with E-state index in [0.29, 0.717) is 24.6 Å². The smallest absolute Gasteiger partial charge is 0.230 e. The number of rotatable bonds is 6. The van der Waals surface area contributed by atoms with Crippen molar-refractivity contribution in [1.29, 1.82) is 0 Å². The highest BCUT2D eigenvalue weighted by atomic mass is 32.2. The summed E-state index contributed by atoms with van der Waals surface area (Å²) in [7, 11) is 0. The van der Waals surface area contributed by atoms with Gasteiger partial charge in [-0.1, -0.05) is 34.6 Å². The maximum Gasteiger partial charge on any atom is 0.230 e. The molecular formula is C13H27NO2S. The Morgan fingerprint density at radius 1 is 1.29 bits per heavy atom. The molecule has 0 aromatic carbocycles. The summed E-state index contributed by atoms with van der Waals surface area (Å²) in [5.41, 5.74) is -0.809. The van der Waals surface area contributed by atoms with Crippen LogP contribution in [0.4, 0.5) is 0 Å². The lowest BCUT2D eigenvalue weighted by Crippen LogP contribution is -2.42. The Morgan fingerprint density at radius 3 is 2.24 bits per heavy atom. The first-order chi connectivity index (χ1) is 7.52. The van der Waals surface area contributed by atoms with Crippen LogP contribution in [0, 0.1) is 5.92 Å². The Balaban J connectivity index is 3.91. The van der Waals surface area contributed by atoms with Crippen molar-refractivity contribution >= 4 is 17.7 Å². The molecule has 0 rings (SSSR count). The zero-order chi connectivity index (χ0) is 13.7. The Labute approximate surface area is 110 Å². The second kappa shape index (κ2) is 6.64. The average molecular weight is 261 g/mol. The molecule has 0 fully saturated rings. The van der Waals surface area contributed by atoms with Gasteiger partial charge in [0.15, 0.2) is 0 Å². The summed E-state index contributed by atoms with van der Waals surface area (Å²) < 4.78 is 0.0950. The largest absolute Gasteiger partial charge is 0.388 e. The third kappa shape index (κ3) is 10.6. The molecule has 0 aliphatic carbocycles. The van der Waals surface area contributed by atoms with E-state index in [9.17, 15) is 9.90 Å². The molecule has 0 saturated carbocycles. The summed E-state index contributed by atoms with van der Waals surface area (Å²) in [6.07, 6.45) is 0.694. The second-order valence-electron chi connectivity index (χ2n) is 6.27. The van der Waals surface area contributed by atoms with Gasteiger partial charge < -0.3 is 10.4 Å². The highest BCUT2D eigenvalue weighted by Gasteiger charge is 2.22. The van der Waals surface area contributed by atoms with Gasteiger partial charge in [0, 0.05) is 11.3 Å². The average Bonchev–Trinajstić information content (AvgIpc) is 2.08. The van der Waals surface area contributed by atoms with E-state index in [-0.39, 0.29) is 10.7 Å². The van der Waals surface area contributed by atoms with Gasteiger partial charge in [0.05, 0.1) is 11.4 Å². The van der Waals surface area contributed by atoms with Gasteiger partial charge >= 0.3 is 0 Å². The maximum absolute atomic E-state index is 11.6. The van der Waals surface area contributed by atoms with Crippen LogP contribution in [0.15, 0.2) is 0 Å². The molecule has 0 saturated heterocycles. The molecule has 0 aliphatic rings. The van der Waals surface area contributed by atoms with Crippen LogP contribution in [0.3, 0.4) is 0 Å². The molecule has 0 aromatic heterocycles. The lowest BCUT2D eigenvalue weighted by Gasteiger charge is -2.26. The quantitative estimate of drug-likeness (QED) is 0.772. The van der Waals surface area contributed by atoms with Gasteiger partial charge in [0.1, 0.15) is 0 Å². The normalized spacial score (nSPS) is 15.8. The van der Waals surface area contributed by atoms with Crippen molar-refractivity contribution in [2.45, 2.75) is 58.3 Å². The molecule has 0 heterocycles. The Morgan fingerprint density at radius 2 is 1.82 bits per heavy atom. The first-order valence-electron chi connectivity index (χ1n) is 6.15. The van der Waals surface area contributed by atoms with Crippen molar-refractivity contribution in [3.05, 3.63) is 0 Å². The summed E-state index contributed by atoms with van der Waals surface area (Å²) in [5.74, 6) is 0.862. The minimum atomic E-state index is -0.809. The van der Waals surface area contributed by atoms with E-state index in [4.69, 9.17) is 0 Å². The number of hydrogen-bond donors (Lipinski definition) is 2. The standard InChI is InChI=1S/C13H27NO2S/c1-10(2)7-13(6,16)9-14-11(15)8-17-12(3,4)5/h10,16H,7-9H2,1-6H3,(H,14,15). The summed E-state index contributed by atoms with van der Waals surface area (Å²) >= 11 is 1.61. The summed E-state index contributed by atoms with van der Waals surface area (Å²) in [6.45, 7) is 12.5. The number of aliphatic hydroxyl groups is 1. The number of amides is 1. The van der Waals surface area contributed by atoms with Crippen molar-refractivity contribution in [3.8, 4) is 0 Å². The van der Waals surface area contributed by atoms with Crippen LogP contribution in [-0.4, -0.2) is 33.7 Å². The lowest BCUT2D eigenvalue weighted by atomic mass is 9.94. The lowest BCUT2D eigenvalue weighted by molar-refractivity contribution is -0.119. The monoisotopic (exact) mass is 261 g/mol. The molecule has 1 amide bonds. The van der Waals surface area contributed by atoms with Crippen molar-refractivity contribution in [3.63, 3.8) is 0 Å². The number of hydrogen-bond acceptors (Lipinski definition) is 3. The van der Waals surface area contributed by atoms with Gasteiger partial charge in [-0.05, 0) is 19.3 Å². The van der Waals surface area contributed by atoms with E-state index in [0.717, 1.165) is 0 Å². The predicted molar refractivity (Wildman–Crippen MR) is 75.3 cm³/mol. The van der Waals surface area contributed by atoms with Crippen LogP contribution in [0.1, 0.15) is 48.0 Å². The minimum Gasteiger partial charge on any atom is -0.388 e. The molecule has 0 bridgehead atoms. The highest BCUT2D eigenvalue weighted by Crippen LogP contribution is 2.22. The van der Waals surface area contributed by atoms with Crippen LogP contribution < -0.4 is 5.32 Å². The fourth-order valence-corrected chi connectivity index (χ4v) is 2.24. The minimum absolute atomic E-state index is 0.00560. The van der Waals surface area contributed by atoms with Gasteiger partial charge in [-0.3, -0.25) is 4.79 Å². The highest BCUT2D eigenvalue weighted by molar-refractivity contribution is 8.01. The molecule has 4 heteroatoms. The Hall–Kier alpha value is -0.220. The number of thioether (sulfide) groups is 1. The first-order valence-corrected chi connectivity index (χ1v) is 7.13. The Kier molecular flexibility index (Phi) is 6.56. The van der Waals surface area contributed by atoms with E-state index < -0.39 is 5.60 Å². The summed E-state index contributed by atoms with van der Waals surface area (Å²) in [6, 6.07) is 0. The molecule has 17 heavy (non-hydrogen) atoms. The van der Waals surface area contributed by atoms with Crippen LogP contribution in [0.25, 0.3) is 0 Å². The summed E-state index contributed by atoms with van der Waals surface area (Å²) in [5, 5.41) is 12.8. The SMILES string of the molecule is CC(C)CC(C)(O)CNC(=O)CSC(C)(C)C. The molecule has 0 aromatic rings. The van der Waals surface area contributed by atoms with Gasteiger partial charge in [-0.2, -0.15) is 0 Å². The van der Waals surface area contributed by atoms with Gasteiger partial charge in [-0.25, -0.2) is 0 Å². The Bertz CT molecular complexity index is 244. The fourth-order valence-electron chi connectivity index (χ4n) is 1.57. The number of carbonyl (C=O) groups is 1. The van der Waals surface area contributed by atoms with E-state index in [1.807, 2.05) is 0 Å². The fraction of sp³-hybridized carbons (Fsp3) is 0.923. The van der Waals surface area contributed by atoms with E-state index in [1.54, 1.807) is 18.7 Å². The van der Waals surface area contributed by atoms with Crippen molar-refractivity contribution in [2.24, 2.45) is 5.92 Å². The van der Waals surface area contributed by atoms with Crippen molar-refractivity contribution < 1.29 is 9.90 Å². The first kappa shape index (κ1) is 16.8. The molecule has 3 nitrogen and oxygen atoms in total. The van der Waals surface area contributed by atoms with E-state index >= 15 is 0 Å². The van der Waals surface area contributed by atoms with Crippen LogP contribution in [-0.2, 0) is 4.79 Å². The molecule has 0 aliphatic heterocycles. The van der Waals surface area contributed by atoms with Gasteiger partial charge in [0.2, 0.25) is 5.91 Å². The van der Waals surface area contributed by atoms with Crippen molar-refractivity contribution in [2.75, 3.05) is 12.3 Å². The van der Waals surface area contributed by atoms with Crippen LogP contribution >= 0.6 is 11.8 Å². The predicted octanol–water partition coefficient (Wildman–Crippen LogP) is 2.43. The van der Waals surface area contributed by atoms with Gasteiger partial charge in [-0.15, -0.1) is 11.8 Å².